The molecule has 0 rings (SSSR count). The first kappa shape index (κ1) is 43.4. The van der Waals surface area contributed by atoms with Crippen LogP contribution in [0.2, 0.25) is 36.3 Å². The van der Waals surface area contributed by atoms with Crippen molar-refractivity contribution in [1.82, 2.24) is 0 Å². The average Bonchev–Trinajstić information content (AvgIpc) is 2.95. The summed E-state index contributed by atoms with van der Waals surface area (Å²) in [6.07, 6.45) is 6.98. The summed E-state index contributed by atoms with van der Waals surface area (Å²) in [5.41, 5.74) is 1.15. The molecular weight excluding hydrogens is 703 g/mol. The quantitative estimate of drug-likeness (QED) is 0.0312. The van der Waals surface area contributed by atoms with Crippen molar-refractivity contribution in [2.24, 2.45) is 11.8 Å². The number of esters is 1. The van der Waals surface area contributed by atoms with E-state index in [0.29, 0.717) is 0 Å². The maximum absolute atomic E-state index is 12.5. The molecule has 7 nitrogen and oxygen atoms in total. The van der Waals surface area contributed by atoms with Crippen LogP contribution >= 0.6 is 22.6 Å². The lowest BCUT2D eigenvalue weighted by Crippen LogP contribution is -2.49. The molecule has 0 heterocycles. The second-order valence-corrected chi connectivity index (χ2v) is 23.8. The molecule has 6 atom stereocenters. The number of ketones is 1. The fourth-order valence-corrected chi connectivity index (χ4v) is 9.67. The van der Waals surface area contributed by atoms with Crippen molar-refractivity contribution in [2.45, 2.75) is 142 Å². The Bertz CT molecular complexity index is 946. The zero-order valence-electron chi connectivity index (χ0n) is 29.9. The lowest BCUT2D eigenvalue weighted by molar-refractivity contribution is -0.144. The molecule has 0 aliphatic heterocycles. The summed E-state index contributed by atoms with van der Waals surface area (Å²) in [4.78, 5) is 24.2. The highest BCUT2D eigenvalue weighted by molar-refractivity contribution is 14.1. The lowest BCUT2D eigenvalue weighted by atomic mass is 9.84. The van der Waals surface area contributed by atoms with Crippen molar-refractivity contribution < 1.29 is 33.0 Å². The average molecular weight is 767 g/mol. The van der Waals surface area contributed by atoms with E-state index in [1.54, 1.807) is 7.11 Å². The maximum atomic E-state index is 12.5. The summed E-state index contributed by atoms with van der Waals surface area (Å²) in [7, 11) is -1.14. The van der Waals surface area contributed by atoms with E-state index >= 15 is 0 Å². The van der Waals surface area contributed by atoms with Crippen LogP contribution in [-0.2, 0) is 27.9 Å². The smallest absolute Gasteiger partial charge is 0.313 e. The fourth-order valence-electron chi connectivity index (χ4n) is 5.15. The van der Waals surface area contributed by atoms with Crippen LogP contribution < -0.4 is 0 Å². The van der Waals surface area contributed by atoms with Gasteiger partial charge in [0.15, 0.2) is 16.6 Å². The molecule has 0 amide bonds. The highest BCUT2D eigenvalue weighted by atomic mass is 127. The van der Waals surface area contributed by atoms with Gasteiger partial charge in [0.1, 0.15) is 12.2 Å². The van der Waals surface area contributed by atoms with Gasteiger partial charge in [-0.1, -0.05) is 108 Å². The Kier molecular flexibility index (Phi) is 20.3. The van der Waals surface area contributed by atoms with Gasteiger partial charge < -0.3 is 23.4 Å². The van der Waals surface area contributed by atoms with E-state index < -0.39 is 28.7 Å². The lowest BCUT2D eigenvalue weighted by Gasteiger charge is -2.42. The highest BCUT2D eigenvalue weighted by Gasteiger charge is 2.41. The van der Waals surface area contributed by atoms with Crippen molar-refractivity contribution in [3.63, 3.8) is 0 Å². The van der Waals surface area contributed by atoms with Gasteiger partial charge in [0.2, 0.25) is 0 Å². The summed E-state index contributed by atoms with van der Waals surface area (Å²) < 4.78 is 26.6. The number of hydrogen-bond acceptors (Lipinski definition) is 7. The Morgan fingerprint density at radius 1 is 0.932 bits per heavy atom. The van der Waals surface area contributed by atoms with E-state index in [2.05, 4.69) is 108 Å². The van der Waals surface area contributed by atoms with Gasteiger partial charge in [-0.3, -0.25) is 9.59 Å². The third kappa shape index (κ3) is 14.4. The van der Waals surface area contributed by atoms with Crippen LogP contribution in [0.15, 0.2) is 34.0 Å². The monoisotopic (exact) mass is 766 g/mol. The minimum absolute atomic E-state index is 0.0681. The number of carbonyl (C=O) groups excluding carboxylic acids is 2. The summed E-state index contributed by atoms with van der Waals surface area (Å²) in [5, 5.41) is 11.3. The molecule has 256 valence electrons. The van der Waals surface area contributed by atoms with E-state index in [1.807, 2.05) is 23.2 Å². The minimum atomic E-state index is -2.09. The van der Waals surface area contributed by atoms with Gasteiger partial charge in [-0.15, -0.1) is 0 Å². The molecule has 0 saturated carbocycles. The Hall–Kier alpha value is -0.636. The van der Waals surface area contributed by atoms with Crippen molar-refractivity contribution >= 4 is 51.0 Å². The number of methoxy groups -OCH3 is 2. The van der Waals surface area contributed by atoms with Gasteiger partial charge in [0, 0.05) is 25.4 Å². The molecule has 0 radical (unpaired) electrons. The van der Waals surface area contributed by atoms with E-state index in [9.17, 15) is 14.7 Å². The van der Waals surface area contributed by atoms with Crippen LogP contribution in [0.4, 0.5) is 0 Å². The zero-order valence-corrected chi connectivity index (χ0v) is 34.0. The van der Waals surface area contributed by atoms with Crippen LogP contribution in [-0.4, -0.2) is 72.1 Å². The number of carbonyl (C=O) groups is 2. The molecule has 1 unspecified atom stereocenters. The number of aliphatic hydroxyl groups excluding tert-OH is 1. The SMILES string of the molecule is CC[Si](CC)(CC)O[C@@H]([C@@H](C)[C@H](O)CC(=O)CC(=O)OC)[C@@H](C)[C@H](/C=C(\C)CC(/C=C/C=C/I)O[Si](C)(C)C(C)(C)C)OC. The summed E-state index contributed by atoms with van der Waals surface area (Å²) in [6, 6.07) is 2.89. The summed E-state index contributed by atoms with van der Waals surface area (Å²) >= 11 is 2.22. The van der Waals surface area contributed by atoms with Gasteiger partial charge in [0.05, 0.1) is 31.5 Å². The number of hydrogen-bond donors (Lipinski definition) is 1. The third-order valence-corrected chi connectivity index (χ3v) is 19.1. The Labute approximate surface area is 285 Å². The number of halogens is 1. The standard InChI is InChI=1S/C34H63IO7Si2/c1-14-44(15-2,16-3)42-33(26(5)30(37)23-28(36)24-32(38)40-11)27(6)31(39-10)22-25(4)21-29(19-17-18-20-35)41-43(12,13)34(7,8)9/h17-20,22,26-27,29-31,33,37H,14-16,21,23-24H2,1-13H3/b19-17+,20-18+,25-22+/t26-,27-,29?,30+,31-,33-/m0/s1. The van der Waals surface area contributed by atoms with Gasteiger partial charge in [-0.05, 0) is 53.7 Å². The number of rotatable bonds is 21. The van der Waals surface area contributed by atoms with Crippen molar-refractivity contribution in [2.75, 3.05) is 14.2 Å². The van der Waals surface area contributed by atoms with Crippen LogP contribution in [0.25, 0.3) is 0 Å². The first-order valence-electron chi connectivity index (χ1n) is 16.1. The fraction of sp³-hybridized carbons (Fsp3) is 0.765. The van der Waals surface area contributed by atoms with E-state index in [0.717, 1.165) is 30.1 Å². The molecule has 44 heavy (non-hydrogen) atoms. The molecule has 1 N–H and O–H groups in total. The molecule has 0 aromatic carbocycles. The maximum Gasteiger partial charge on any atom is 0.313 e. The summed E-state index contributed by atoms with van der Waals surface area (Å²) in [6.45, 7) is 24.0. The predicted molar refractivity (Wildman–Crippen MR) is 196 cm³/mol. The van der Waals surface area contributed by atoms with Crippen LogP contribution in [0.5, 0.6) is 0 Å². The van der Waals surface area contributed by atoms with Gasteiger partial charge in [-0.2, -0.15) is 0 Å². The Morgan fingerprint density at radius 2 is 1.50 bits per heavy atom. The van der Waals surface area contributed by atoms with Crippen molar-refractivity contribution in [3.8, 4) is 0 Å². The molecule has 10 heteroatoms. The molecular formula is C34H63IO7Si2. The third-order valence-electron chi connectivity index (χ3n) is 9.49. The first-order chi connectivity index (χ1) is 20.4. The van der Waals surface area contributed by atoms with E-state index in [1.165, 1.54) is 7.11 Å². The molecule has 0 fully saturated rings. The molecule has 0 aliphatic rings. The molecule has 0 spiro atoms. The second-order valence-electron chi connectivity index (χ2n) is 13.6. The first-order valence-corrected chi connectivity index (χ1v) is 22.8. The second kappa shape index (κ2) is 20.6. The van der Waals surface area contributed by atoms with E-state index in [-0.39, 0.29) is 53.8 Å². The zero-order chi connectivity index (χ0) is 34.3. The predicted octanol–water partition coefficient (Wildman–Crippen LogP) is 8.78. The minimum Gasteiger partial charge on any atom is -0.469 e. The summed E-state index contributed by atoms with van der Waals surface area (Å²) in [5.74, 6) is -1.40. The molecule has 0 aliphatic carbocycles. The van der Waals surface area contributed by atoms with Crippen molar-refractivity contribution in [1.29, 1.82) is 0 Å². The number of Topliss-reactive ketones (excluding diaryl/α,β-unsaturated/α-hetero) is 1. The molecule has 0 aromatic rings. The van der Waals surface area contributed by atoms with Gasteiger partial charge >= 0.3 is 5.97 Å². The number of aliphatic hydroxyl groups is 1. The molecule has 0 bridgehead atoms. The van der Waals surface area contributed by atoms with Crippen LogP contribution in [0.1, 0.15) is 81.6 Å². The topological polar surface area (TPSA) is 91.3 Å². The number of allylic oxidation sites excluding steroid dienone is 2. The van der Waals surface area contributed by atoms with Crippen LogP contribution in [0.3, 0.4) is 0 Å². The van der Waals surface area contributed by atoms with Gasteiger partial charge in [0.25, 0.3) is 0 Å². The van der Waals surface area contributed by atoms with E-state index in [4.69, 9.17) is 13.6 Å². The molecule has 0 aromatic heterocycles. The van der Waals surface area contributed by atoms with Gasteiger partial charge in [-0.25, -0.2) is 0 Å². The normalized spacial score (nSPS) is 17.8. The van der Waals surface area contributed by atoms with Crippen LogP contribution in [0, 0.1) is 11.8 Å². The number of ether oxygens (including phenoxy) is 2. The highest BCUT2D eigenvalue weighted by Crippen LogP contribution is 2.38. The Morgan fingerprint density at radius 3 is 1.95 bits per heavy atom. The Balaban J connectivity index is 6.36. The van der Waals surface area contributed by atoms with Crippen molar-refractivity contribution in [3.05, 3.63) is 34.0 Å². The largest absolute Gasteiger partial charge is 0.469 e. The molecule has 0 saturated heterocycles.